The summed E-state index contributed by atoms with van der Waals surface area (Å²) in [6.45, 7) is 0. The van der Waals surface area contributed by atoms with Gasteiger partial charge in [0.05, 0.1) is 4.90 Å². The van der Waals surface area contributed by atoms with E-state index < -0.39 is 10.0 Å². The molecule has 3 aromatic rings. The second-order valence-electron chi connectivity index (χ2n) is 7.06. The van der Waals surface area contributed by atoms with Crippen molar-refractivity contribution in [1.82, 2.24) is 0 Å². The Morgan fingerprint density at radius 2 is 1.48 bits per heavy atom. The first-order chi connectivity index (χ1) is 13.8. The first-order valence-corrected chi connectivity index (χ1v) is 11.0. The quantitative estimate of drug-likeness (QED) is 0.300. The second-order valence-corrected chi connectivity index (χ2v) is 8.59. The van der Waals surface area contributed by atoms with E-state index in [1.165, 1.54) is 17.2 Å². The maximum atomic E-state index is 11.8. The minimum absolute atomic E-state index is 0.0935. The third-order valence-corrected chi connectivity index (χ3v) is 5.85. The van der Waals surface area contributed by atoms with Gasteiger partial charge < -0.3 is 5.73 Å². The summed E-state index contributed by atoms with van der Waals surface area (Å²) in [6.07, 6.45) is 3.97. The van der Waals surface area contributed by atoms with Crippen LogP contribution in [0.1, 0.15) is 29.5 Å². The van der Waals surface area contributed by atoms with Gasteiger partial charge in [0.15, 0.2) is 0 Å². The van der Waals surface area contributed by atoms with Crippen molar-refractivity contribution in [3.8, 4) is 11.1 Å². The molecule has 0 saturated carbocycles. The SMILES string of the molecule is N=C(N)c1cccc(CCCCc2ccc(-c3ccccc3S(N)(=O)=O)cc2)c1. The number of aryl methyl sites for hydroxylation is 2. The van der Waals surface area contributed by atoms with Gasteiger partial charge in [0, 0.05) is 11.1 Å². The van der Waals surface area contributed by atoms with Gasteiger partial charge in [-0.25, -0.2) is 13.6 Å². The number of hydrogen-bond acceptors (Lipinski definition) is 3. The van der Waals surface area contributed by atoms with Crippen LogP contribution in [0, 0.1) is 5.41 Å². The van der Waals surface area contributed by atoms with Gasteiger partial charge in [-0.15, -0.1) is 0 Å². The van der Waals surface area contributed by atoms with Gasteiger partial charge in [-0.05, 0) is 54.5 Å². The number of unbranched alkanes of at least 4 members (excludes halogenated alkanes) is 1. The fourth-order valence-corrected chi connectivity index (χ4v) is 4.12. The molecule has 0 bridgehead atoms. The van der Waals surface area contributed by atoms with E-state index in [0.717, 1.165) is 36.8 Å². The molecule has 29 heavy (non-hydrogen) atoms. The zero-order valence-electron chi connectivity index (χ0n) is 16.1. The molecule has 3 aromatic carbocycles. The molecule has 0 aliphatic rings. The van der Waals surface area contributed by atoms with Crippen LogP contribution in [0.2, 0.25) is 0 Å². The molecule has 0 saturated heterocycles. The molecule has 0 spiro atoms. The van der Waals surface area contributed by atoms with Crippen molar-refractivity contribution >= 4 is 15.9 Å². The second kappa shape index (κ2) is 9.03. The van der Waals surface area contributed by atoms with E-state index in [9.17, 15) is 8.42 Å². The van der Waals surface area contributed by atoms with Crippen molar-refractivity contribution in [3.63, 3.8) is 0 Å². The van der Waals surface area contributed by atoms with Gasteiger partial charge >= 0.3 is 0 Å². The first-order valence-electron chi connectivity index (χ1n) is 9.49. The lowest BCUT2D eigenvalue weighted by Crippen LogP contribution is -2.13. The number of nitrogens with one attached hydrogen (secondary N) is 1. The van der Waals surface area contributed by atoms with E-state index in [4.69, 9.17) is 16.3 Å². The van der Waals surface area contributed by atoms with Crippen LogP contribution in [0.25, 0.3) is 11.1 Å². The Morgan fingerprint density at radius 1 is 0.828 bits per heavy atom. The molecule has 0 unspecified atom stereocenters. The average Bonchev–Trinajstić information content (AvgIpc) is 2.71. The number of nitrogens with two attached hydrogens (primary N) is 2. The molecule has 0 radical (unpaired) electrons. The fourth-order valence-electron chi connectivity index (χ4n) is 3.36. The molecular formula is C23H25N3O2S. The molecule has 0 fully saturated rings. The van der Waals surface area contributed by atoms with Gasteiger partial charge in [-0.2, -0.15) is 0 Å². The lowest BCUT2D eigenvalue weighted by atomic mass is 10.00. The zero-order valence-corrected chi connectivity index (χ0v) is 17.0. The summed E-state index contributed by atoms with van der Waals surface area (Å²) < 4.78 is 23.6. The highest BCUT2D eigenvalue weighted by Gasteiger charge is 2.14. The highest BCUT2D eigenvalue weighted by Crippen LogP contribution is 2.27. The van der Waals surface area contributed by atoms with Crippen molar-refractivity contribution < 1.29 is 8.42 Å². The predicted molar refractivity (Wildman–Crippen MR) is 117 cm³/mol. The Morgan fingerprint density at radius 3 is 2.14 bits per heavy atom. The minimum Gasteiger partial charge on any atom is -0.384 e. The number of rotatable bonds is 8. The number of sulfonamides is 1. The van der Waals surface area contributed by atoms with Crippen molar-refractivity contribution in [3.05, 3.63) is 89.5 Å². The summed E-state index contributed by atoms with van der Waals surface area (Å²) >= 11 is 0. The fraction of sp³-hybridized carbons (Fsp3) is 0.174. The molecule has 5 N–H and O–H groups in total. The van der Waals surface area contributed by atoms with E-state index in [0.29, 0.717) is 5.56 Å². The van der Waals surface area contributed by atoms with Crippen LogP contribution < -0.4 is 10.9 Å². The Bertz CT molecular complexity index is 1110. The summed E-state index contributed by atoms with van der Waals surface area (Å²) in [5.74, 6) is 0.0935. The van der Waals surface area contributed by atoms with Gasteiger partial charge in [0.1, 0.15) is 5.84 Å². The number of primary sulfonamides is 1. The molecule has 3 rings (SSSR count). The smallest absolute Gasteiger partial charge is 0.238 e. The topological polar surface area (TPSA) is 110 Å². The number of hydrogen-bond donors (Lipinski definition) is 3. The van der Waals surface area contributed by atoms with Crippen molar-refractivity contribution in [1.29, 1.82) is 5.41 Å². The lowest BCUT2D eigenvalue weighted by molar-refractivity contribution is 0.598. The first kappa shape index (κ1) is 20.8. The highest BCUT2D eigenvalue weighted by atomic mass is 32.2. The molecule has 0 aliphatic heterocycles. The molecule has 0 aromatic heterocycles. The zero-order chi connectivity index (χ0) is 20.9. The van der Waals surface area contributed by atoms with E-state index in [-0.39, 0.29) is 10.7 Å². The van der Waals surface area contributed by atoms with Gasteiger partial charge in [-0.3, -0.25) is 5.41 Å². The van der Waals surface area contributed by atoms with Crippen molar-refractivity contribution in [2.75, 3.05) is 0 Å². The van der Waals surface area contributed by atoms with Crippen LogP contribution in [0.3, 0.4) is 0 Å². The molecule has 5 nitrogen and oxygen atoms in total. The number of nitrogen functional groups attached to an aromatic ring is 1. The molecule has 0 heterocycles. The van der Waals surface area contributed by atoms with Crippen LogP contribution in [0.5, 0.6) is 0 Å². The minimum atomic E-state index is -3.77. The van der Waals surface area contributed by atoms with Crippen LogP contribution in [-0.4, -0.2) is 14.3 Å². The summed E-state index contributed by atoms with van der Waals surface area (Å²) in [7, 11) is -3.77. The monoisotopic (exact) mass is 407 g/mol. The standard InChI is InChI=1S/C23H25N3O2S/c24-23(25)20-9-5-8-18(16-20)7-2-1-6-17-12-14-19(15-13-17)21-10-3-4-11-22(21)29(26,27)28/h3-5,8-16H,1-2,6-7H2,(H3,24,25)(H2,26,27,28). The summed E-state index contributed by atoms with van der Waals surface area (Å²) in [4.78, 5) is 0.139. The van der Waals surface area contributed by atoms with Crippen LogP contribution in [-0.2, 0) is 22.9 Å². The third-order valence-electron chi connectivity index (χ3n) is 4.88. The van der Waals surface area contributed by atoms with Crippen molar-refractivity contribution in [2.45, 2.75) is 30.6 Å². The number of benzene rings is 3. The van der Waals surface area contributed by atoms with Crippen molar-refractivity contribution in [2.24, 2.45) is 10.9 Å². The molecule has 150 valence electrons. The van der Waals surface area contributed by atoms with E-state index >= 15 is 0 Å². The van der Waals surface area contributed by atoms with Crippen LogP contribution >= 0.6 is 0 Å². The third kappa shape index (κ3) is 5.53. The lowest BCUT2D eigenvalue weighted by Gasteiger charge is -2.09. The molecular weight excluding hydrogens is 382 g/mol. The Balaban J connectivity index is 1.60. The molecule has 0 aliphatic carbocycles. The van der Waals surface area contributed by atoms with Gasteiger partial charge in [0.25, 0.3) is 0 Å². The van der Waals surface area contributed by atoms with E-state index in [1.807, 2.05) is 42.5 Å². The van der Waals surface area contributed by atoms with Gasteiger partial charge in [0.2, 0.25) is 10.0 Å². The van der Waals surface area contributed by atoms with Gasteiger partial charge in [-0.1, -0.05) is 60.7 Å². The Labute approximate surface area is 171 Å². The Kier molecular flexibility index (Phi) is 6.46. The van der Waals surface area contributed by atoms with Crippen LogP contribution in [0.4, 0.5) is 0 Å². The molecule has 6 heteroatoms. The normalized spacial score (nSPS) is 11.3. The van der Waals surface area contributed by atoms with Crippen LogP contribution in [0.15, 0.2) is 77.7 Å². The summed E-state index contributed by atoms with van der Waals surface area (Å²) in [6, 6.07) is 22.5. The summed E-state index contributed by atoms with van der Waals surface area (Å²) in [5, 5.41) is 12.9. The maximum Gasteiger partial charge on any atom is 0.238 e. The van der Waals surface area contributed by atoms with E-state index in [2.05, 4.69) is 6.07 Å². The average molecular weight is 408 g/mol. The Hall–Kier alpha value is -2.96. The predicted octanol–water partition coefficient (Wildman–Crippen LogP) is 3.85. The number of amidine groups is 1. The highest BCUT2D eigenvalue weighted by molar-refractivity contribution is 7.89. The summed E-state index contributed by atoms with van der Waals surface area (Å²) in [5.41, 5.74) is 10.2. The largest absolute Gasteiger partial charge is 0.384 e. The molecule has 0 amide bonds. The molecule has 0 atom stereocenters. The maximum absolute atomic E-state index is 11.8. The van der Waals surface area contributed by atoms with E-state index in [1.54, 1.807) is 18.2 Å².